The molecule has 0 aromatic heterocycles. The summed E-state index contributed by atoms with van der Waals surface area (Å²) in [4.78, 5) is 0. The molecule has 0 radical (unpaired) electrons. The number of benzene rings is 1. The van der Waals surface area contributed by atoms with Gasteiger partial charge in [0.05, 0.1) is 13.2 Å². The van der Waals surface area contributed by atoms with E-state index in [1.54, 1.807) is 0 Å². The van der Waals surface area contributed by atoms with Crippen molar-refractivity contribution in [2.24, 2.45) is 0 Å². The lowest BCUT2D eigenvalue weighted by Crippen LogP contribution is -2.43. The molecule has 1 saturated heterocycles. The standard InChI is InChI=1S/C11H12ClNO2/c12-9-1-2-10-8(5-9)6-14-11(15-10)3-4-13-7-11/h1-2,5,13H,3-4,6-7H2. The zero-order valence-electron chi connectivity index (χ0n) is 8.25. The van der Waals surface area contributed by atoms with Crippen LogP contribution >= 0.6 is 11.6 Å². The Hall–Kier alpha value is -0.770. The molecule has 1 N–H and O–H groups in total. The van der Waals surface area contributed by atoms with Crippen molar-refractivity contribution in [1.82, 2.24) is 5.32 Å². The van der Waals surface area contributed by atoms with Crippen molar-refractivity contribution in [2.75, 3.05) is 13.1 Å². The minimum Gasteiger partial charge on any atom is -0.461 e. The Labute approximate surface area is 93.3 Å². The Morgan fingerprint density at radius 1 is 1.40 bits per heavy atom. The van der Waals surface area contributed by atoms with Gasteiger partial charge in [0.1, 0.15) is 5.75 Å². The van der Waals surface area contributed by atoms with Crippen molar-refractivity contribution in [2.45, 2.75) is 18.8 Å². The predicted molar refractivity (Wildman–Crippen MR) is 57.1 cm³/mol. The molecule has 1 atom stereocenters. The van der Waals surface area contributed by atoms with E-state index in [0.29, 0.717) is 6.61 Å². The Balaban J connectivity index is 1.93. The number of hydrogen-bond donors (Lipinski definition) is 1. The highest BCUT2D eigenvalue weighted by molar-refractivity contribution is 6.30. The van der Waals surface area contributed by atoms with E-state index in [4.69, 9.17) is 21.1 Å². The summed E-state index contributed by atoms with van der Waals surface area (Å²) in [5.41, 5.74) is 1.03. The van der Waals surface area contributed by atoms with E-state index in [1.807, 2.05) is 18.2 Å². The second-order valence-corrected chi connectivity index (χ2v) is 4.42. The summed E-state index contributed by atoms with van der Waals surface area (Å²) in [6.45, 7) is 2.29. The van der Waals surface area contributed by atoms with E-state index in [9.17, 15) is 0 Å². The van der Waals surface area contributed by atoms with Crippen LogP contribution in [0.2, 0.25) is 5.02 Å². The van der Waals surface area contributed by atoms with Gasteiger partial charge in [0.2, 0.25) is 5.79 Å². The summed E-state index contributed by atoms with van der Waals surface area (Å²) in [7, 11) is 0. The third-order valence-corrected chi connectivity index (χ3v) is 3.12. The fourth-order valence-corrected chi connectivity index (χ4v) is 2.25. The van der Waals surface area contributed by atoms with Crippen LogP contribution in [0.5, 0.6) is 5.75 Å². The van der Waals surface area contributed by atoms with Crippen LogP contribution in [0.3, 0.4) is 0 Å². The molecule has 2 aliphatic rings. The highest BCUT2D eigenvalue weighted by atomic mass is 35.5. The molecule has 0 aliphatic carbocycles. The van der Waals surface area contributed by atoms with Crippen LogP contribution in [0.1, 0.15) is 12.0 Å². The molecule has 1 aromatic rings. The first-order chi connectivity index (χ1) is 7.27. The average molecular weight is 226 g/mol. The van der Waals surface area contributed by atoms with Gasteiger partial charge in [-0.15, -0.1) is 0 Å². The van der Waals surface area contributed by atoms with E-state index in [1.165, 1.54) is 0 Å². The molecular weight excluding hydrogens is 214 g/mol. The zero-order chi connectivity index (χ0) is 10.3. The van der Waals surface area contributed by atoms with Crippen LogP contribution in [0.25, 0.3) is 0 Å². The first-order valence-electron chi connectivity index (χ1n) is 5.10. The molecule has 15 heavy (non-hydrogen) atoms. The van der Waals surface area contributed by atoms with E-state index >= 15 is 0 Å². The summed E-state index contributed by atoms with van der Waals surface area (Å²) >= 11 is 5.90. The monoisotopic (exact) mass is 225 g/mol. The molecule has 1 fully saturated rings. The number of hydrogen-bond acceptors (Lipinski definition) is 3. The van der Waals surface area contributed by atoms with E-state index in [2.05, 4.69) is 5.32 Å². The molecule has 0 amide bonds. The van der Waals surface area contributed by atoms with Gasteiger partial charge >= 0.3 is 0 Å². The van der Waals surface area contributed by atoms with Gasteiger partial charge < -0.3 is 14.8 Å². The minimum atomic E-state index is -0.444. The van der Waals surface area contributed by atoms with Crippen LogP contribution in [0.4, 0.5) is 0 Å². The van der Waals surface area contributed by atoms with Gasteiger partial charge in [0.25, 0.3) is 0 Å². The van der Waals surface area contributed by atoms with Crippen LogP contribution in [0, 0.1) is 0 Å². The van der Waals surface area contributed by atoms with Crippen molar-refractivity contribution < 1.29 is 9.47 Å². The van der Waals surface area contributed by atoms with Crippen LogP contribution in [-0.4, -0.2) is 18.9 Å². The second-order valence-electron chi connectivity index (χ2n) is 3.98. The Morgan fingerprint density at radius 3 is 3.13 bits per heavy atom. The topological polar surface area (TPSA) is 30.5 Å². The lowest BCUT2D eigenvalue weighted by molar-refractivity contribution is -0.191. The van der Waals surface area contributed by atoms with Crippen LogP contribution < -0.4 is 10.1 Å². The quantitative estimate of drug-likeness (QED) is 0.732. The normalized spacial score (nSPS) is 28.9. The van der Waals surface area contributed by atoms with E-state index in [0.717, 1.165) is 35.8 Å². The summed E-state index contributed by atoms with van der Waals surface area (Å²) in [5.74, 6) is 0.454. The number of ether oxygens (including phenoxy) is 2. The fourth-order valence-electron chi connectivity index (χ4n) is 2.06. The SMILES string of the molecule is Clc1ccc2c(c1)COC1(CCNC1)O2. The summed E-state index contributed by atoms with van der Waals surface area (Å²) in [5, 5.41) is 3.97. The zero-order valence-corrected chi connectivity index (χ0v) is 9.01. The molecule has 80 valence electrons. The Kier molecular flexibility index (Phi) is 2.12. The molecule has 3 nitrogen and oxygen atoms in total. The second kappa shape index (κ2) is 3.37. The maximum absolute atomic E-state index is 5.90. The van der Waals surface area contributed by atoms with Crippen LogP contribution in [0.15, 0.2) is 18.2 Å². The number of fused-ring (bicyclic) bond motifs is 1. The third kappa shape index (κ3) is 1.61. The van der Waals surface area contributed by atoms with Gasteiger partial charge in [-0.2, -0.15) is 0 Å². The largest absolute Gasteiger partial charge is 0.461 e. The lowest BCUT2D eigenvalue weighted by Gasteiger charge is -2.34. The van der Waals surface area contributed by atoms with E-state index < -0.39 is 5.79 Å². The van der Waals surface area contributed by atoms with Crippen molar-refractivity contribution >= 4 is 11.6 Å². The molecule has 4 heteroatoms. The van der Waals surface area contributed by atoms with Gasteiger partial charge in [-0.3, -0.25) is 0 Å². The maximum Gasteiger partial charge on any atom is 0.224 e. The van der Waals surface area contributed by atoms with Crippen molar-refractivity contribution in [3.8, 4) is 5.75 Å². The van der Waals surface area contributed by atoms with Crippen LogP contribution in [-0.2, 0) is 11.3 Å². The molecule has 3 rings (SSSR count). The summed E-state index contributed by atoms with van der Waals surface area (Å²) < 4.78 is 11.7. The molecule has 1 unspecified atom stereocenters. The first kappa shape index (κ1) is 9.46. The molecule has 1 spiro atoms. The highest BCUT2D eigenvalue weighted by Crippen LogP contribution is 2.35. The Bertz CT molecular complexity index is 388. The fraction of sp³-hybridized carbons (Fsp3) is 0.455. The summed E-state index contributed by atoms with van der Waals surface area (Å²) in [6.07, 6.45) is 0.898. The maximum atomic E-state index is 5.90. The van der Waals surface area contributed by atoms with Gasteiger partial charge in [-0.25, -0.2) is 0 Å². The highest BCUT2D eigenvalue weighted by Gasteiger charge is 2.40. The molecule has 0 saturated carbocycles. The lowest BCUT2D eigenvalue weighted by atomic mass is 10.1. The van der Waals surface area contributed by atoms with Gasteiger partial charge in [-0.1, -0.05) is 11.6 Å². The van der Waals surface area contributed by atoms with Crippen molar-refractivity contribution in [1.29, 1.82) is 0 Å². The smallest absolute Gasteiger partial charge is 0.224 e. The van der Waals surface area contributed by atoms with Crippen molar-refractivity contribution in [3.63, 3.8) is 0 Å². The number of halogens is 1. The molecule has 2 heterocycles. The van der Waals surface area contributed by atoms with Crippen molar-refractivity contribution in [3.05, 3.63) is 28.8 Å². The third-order valence-electron chi connectivity index (χ3n) is 2.89. The molecular formula is C11H12ClNO2. The molecule has 1 aromatic carbocycles. The summed E-state index contributed by atoms with van der Waals surface area (Å²) in [6, 6.07) is 5.66. The average Bonchev–Trinajstić information content (AvgIpc) is 2.67. The van der Waals surface area contributed by atoms with Gasteiger partial charge in [-0.05, 0) is 18.2 Å². The van der Waals surface area contributed by atoms with E-state index in [-0.39, 0.29) is 0 Å². The minimum absolute atomic E-state index is 0.444. The molecule has 2 aliphatic heterocycles. The first-order valence-corrected chi connectivity index (χ1v) is 5.47. The number of rotatable bonds is 0. The number of nitrogens with one attached hydrogen (secondary N) is 1. The molecule has 0 bridgehead atoms. The van der Waals surface area contributed by atoms with Gasteiger partial charge in [0, 0.05) is 23.6 Å². The van der Waals surface area contributed by atoms with Gasteiger partial charge in [0.15, 0.2) is 0 Å². The predicted octanol–water partition coefficient (Wildman–Crippen LogP) is 1.94. The Morgan fingerprint density at radius 2 is 2.33 bits per heavy atom.